The number of amides is 1. The first-order chi connectivity index (χ1) is 12.0. The van der Waals surface area contributed by atoms with Crippen molar-refractivity contribution in [3.05, 3.63) is 45.0 Å². The Labute approximate surface area is 164 Å². The van der Waals surface area contributed by atoms with E-state index >= 15 is 0 Å². The average Bonchev–Trinajstić information content (AvgIpc) is 2.60. The lowest BCUT2D eigenvalue weighted by Crippen LogP contribution is -3.34. The molecule has 2 aliphatic rings. The Balaban J connectivity index is 1.83. The van der Waals surface area contributed by atoms with Gasteiger partial charge in [0.1, 0.15) is 0 Å². The Kier molecular flexibility index (Phi) is 5.66. The Morgan fingerprint density at radius 2 is 2.24 bits per heavy atom. The highest BCUT2D eigenvalue weighted by atomic mass is 127. The summed E-state index contributed by atoms with van der Waals surface area (Å²) in [6, 6.07) is 4.58. The van der Waals surface area contributed by atoms with Gasteiger partial charge in [0.25, 0.3) is 22.6 Å². The number of benzene rings is 1. The second-order valence-electron chi connectivity index (χ2n) is 7.68. The third-order valence-corrected chi connectivity index (χ3v) is 6.91. The van der Waals surface area contributed by atoms with Crippen LogP contribution in [0.1, 0.15) is 49.3 Å². The highest BCUT2D eigenvalue weighted by Gasteiger charge is 2.37. The smallest absolute Gasteiger partial charge is 0.297 e. The van der Waals surface area contributed by atoms with E-state index in [1.54, 1.807) is 5.56 Å². The molecule has 134 valence electrons. The Bertz CT molecular complexity index is 699. The van der Waals surface area contributed by atoms with Crippen LogP contribution in [0.25, 0.3) is 0 Å². The first-order valence-electron chi connectivity index (χ1n) is 9.17. The SMILES string of the molecule is C=C[C@@]1(CCc2c([IH+])ccc3c2CC[C@@H](C)C3)C[C@@H](N=C)CC(=O)N1. The third kappa shape index (κ3) is 3.99. The van der Waals surface area contributed by atoms with Gasteiger partial charge in [-0.3, -0.25) is 9.79 Å². The number of halogens is 1. The summed E-state index contributed by atoms with van der Waals surface area (Å²) in [5, 5.41) is 3.18. The number of nitrogens with zero attached hydrogens (tertiary/aromatic N) is 1. The molecule has 1 heterocycles. The van der Waals surface area contributed by atoms with Crippen LogP contribution < -0.4 is 27.9 Å². The second kappa shape index (κ2) is 7.60. The summed E-state index contributed by atoms with van der Waals surface area (Å²) < 4.78 is 1.38. The van der Waals surface area contributed by atoms with E-state index in [1.807, 2.05) is 6.08 Å². The molecule has 1 saturated heterocycles. The molecule has 3 rings (SSSR count). The monoisotopic (exact) mass is 451 g/mol. The van der Waals surface area contributed by atoms with Crippen LogP contribution in [0.5, 0.6) is 0 Å². The van der Waals surface area contributed by atoms with E-state index in [0.717, 1.165) is 25.2 Å². The van der Waals surface area contributed by atoms with Crippen LogP contribution in [-0.2, 0) is 24.1 Å². The predicted molar refractivity (Wildman–Crippen MR) is 99.7 cm³/mol. The van der Waals surface area contributed by atoms with Gasteiger partial charge in [-0.2, -0.15) is 0 Å². The van der Waals surface area contributed by atoms with Crippen LogP contribution in [0.15, 0.2) is 29.8 Å². The van der Waals surface area contributed by atoms with Crippen molar-refractivity contribution in [2.75, 3.05) is 0 Å². The molecule has 25 heavy (non-hydrogen) atoms. The number of nitrogens with one attached hydrogen (secondary N) is 1. The second-order valence-corrected chi connectivity index (χ2v) is 8.94. The minimum atomic E-state index is -0.362. The number of fused-ring (bicyclic) bond motifs is 1. The van der Waals surface area contributed by atoms with Crippen LogP contribution in [-0.4, -0.2) is 24.2 Å². The molecule has 1 fully saturated rings. The highest BCUT2D eigenvalue weighted by Crippen LogP contribution is 2.32. The number of piperidine rings is 1. The van der Waals surface area contributed by atoms with E-state index < -0.39 is 0 Å². The summed E-state index contributed by atoms with van der Waals surface area (Å²) >= 11 is 2.13. The van der Waals surface area contributed by atoms with Crippen LogP contribution in [0.4, 0.5) is 0 Å². The molecule has 1 aliphatic heterocycles. The lowest BCUT2D eigenvalue weighted by molar-refractivity contribution is -0.329. The van der Waals surface area contributed by atoms with E-state index in [0.29, 0.717) is 6.42 Å². The van der Waals surface area contributed by atoms with Gasteiger partial charge in [-0.15, -0.1) is 6.58 Å². The fraction of sp³-hybridized carbons (Fsp3) is 0.524. The number of hydrogen-bond donors (Lipinski definition) is 1. The molecule has 0 spiro atoms. The highest BCUT2D eigenvalue weighted by molar-refractivity contribution is 5.79. The van der Waals surface area contributed by atoms with E-state index in [4.69, 9.17) is 0 Å². The van der Waals surface area contributed by atoms with Crippen molar-refractivity contribution >= 4 is 12.6 Å². The molecule has 0 unspecified atom stereocenters. The van der Waals surface area contributed by atoms with Crippen LogP contribution in [0.3, 0.4) is 0 Å². The van der Waals surface area contributed by atoms with Crippen molar-refractivity contribution in [1.29, 1.82) is 0 Å². The molecular formula is C21H28IN2O+. The van der Waals surface area contributed by atoms with Gasteiger partial charge in [0, 0.05) is 12.0 Å². The van der Waals surface area contributed by atoms with E-state index in [1.165, 1.54) is 34.0 Å². The molecule has 4 heteroatoms. The molecule has 1 aliphatic carbocycles. The first-order valence-corrected chi connectivity index (χ1v) is 10.3. The van der Waals surface area contributed by atoms with Gasteiger partial charge in [0.2, 0.25) is 5.91 Å². The van der Waals surface area contributed by atoms with Gasteiger partial charge in [0.05, 0.1) is 11.6 Å². The molecule has 3 nitrogen and oxygen atoms in total. The fourth-order valence-corrected chi connectivity index (χ4v) is 5.17. The summed E-state index contributed by atoms with van der Waals surface area (Å²) in [5.74, 6) is 0.838. The van der Waals surface area contributed by atoms with E-state index in [-0.39, 0.29) is 17.5 Å². The maximum absolute atomic E-state index is 12.1. The molecular weight excluding hydrogens is 423 g/mol. The van der Waals surface area contributed by atoms with Crippen LogP contribution >= 0.6 is 0 Å². The minimum Gasteiger partial charge on any atom is -0.347 e. The van der Waals surface area contributed by atoms with Gasteiger partial charge >= 0.3 is 0 Å². The van der Waals surface area contributed by atoms with Gasteiger partial charge in [-0.1, -0.05) is 19.1 Å². The van der Waals surface area contributed by atoms with Crippen LogP contribution in [0.2, 0.25) is 0 Å². The Morgan fingerprint density at radius 3 is 2.96 bits per heavy atom. The van der Waals surface area contributed by atoms with E-state index in [9.17, 15) is 4.79 Å². The summed E-state index contributed by atoms with van der Waals surface area (Å²) in [4.78, 5) is 16.2. The minimum absolute atomic E-state index is 0.000870. The van der Waals surface area contributed by atoms with Crippen molar-refractivity contribution in [1.82, 2.24) is 5.32 Å². The first kappa shape index (κ1) is 18.6. The zero-order chi connectivity index (χ0) is 18.0. The van der Waals surface area contributed by atoms with Crippen molar-refractivity contribution in [2.45, 2.75) is 63.5 Å². The summed E-state index contributed by atoms with van der Waals surface area (Å²) in [6.45, 7) is 10.0. The molecule has 0 saturated carbocycles. The van der Waals surface area contributed by atoms with Crippen LogP contribution in [0, 0.1) is 9.49 Å². The molecule has 1 amide bonds. The number of hydrogen-bond acceptors (Lipinski definition) is 2. The topological polar surface area (TPSA) is 41.5 Å². The fourth-order valence-electron chi connectivity index (χ4n) is 4.33. The van der Waals surface area contributed by atoms with Gasteiger partial charge in [-0.25, -0.2) is 0 Å². The number of rotatable bonds is 5. The largest absolute Gasteiger partial charge is 0.347 e. The zero-order valence-corrected chi connectivity index (χ0v) is 17.3. The van der Waals surface area contributed by atoms with E-state index in [2.05, 4.69) is 65.3 Å². The Hall–Kier alpha value is -1.17. The van der Waals surface area contributed by atoms with Gasteiger partial charge < -0.3 is 5.32 Å². The molecule has 0 radical (unpaired) electrons. The molecule has 1 aromatic rings. The Morgan fingerprint density at radius 1 is 1.44 bits per heavy atom. The van der Waals surface area contributed by atoms with Gasteiger partial charge in [-0.05, 0) is 68.4 Å². The normalized spacial score (nSPS) is 28.8. The predicted octanol–water partition coefficient (Wildman–Crippen LogP) is 0.103. The van der Waals surface area contributed by atoms with Crippen molar-refractivity contribution in [2.24, 2.45) is 10.9 Å². The molecule has 1 N–H and O–H groups in total. The lowest BCUT2D eigenvalue weighted by atomic mass is 9.78. The maximum atomic E-state index is 12.1. The number of carbonyl (C=O) groups excluding carboxylic acids is 1. The quantitative estimate of drug-likeness (QED) is 0.386. The summed E-state index contributed by atoms with van der Waals surface area (Å²) in [6.07, 6.45) is 8.65. The molecule has 0 aromatic heterocycles. The summed E-state index contributed by atoms with van der Waals surface area (Å²) in [5.41, 5.74) is 4.20. The van der Waals surface area contributed by atoms with Crippen molar-refractivity contribution in [3.63, 3.8) is 0 Å². The van der Waals surface area contributed by atoms with Gasteiger partial charge in [0.15, 0.2) is 3.57 Å². The number of aliphatic imine (C=N–C) groups is 1. The zero-order valence-electron chi connectivity index (χ0n) is 15.0. The lowest BCUT2D eigenvalue weighted by Gasteiger charge is -2.38. The standard InChI is InChI=1S/C21H27IN2O/c1-4-21(13-16(23-3)12-20(25)24-21)10-9-18-17-7-5-14(2)11-15(17)6-8-19(18)22/h4,6,8,14,16,22H,1,3,5,7,9-13H2,2H3/p+1/t14-,16+,21-/m1/s1. The van der Waals surface area contributed by atoms with Crippen molar-refractivity contribution < 1.29 is 27.4 Å². The summed E-state index contributed by atoms with van der Waals surface area (Å²) in [7, 11) is 0. The maximum Gasteiger partial charge on any atom is 0.297 e. The van der Waals surface area contributed by atoms with Crippen molar-refractivity contribution in [3.8, 4) is 0 Å². The third-order valence-electron chi connectivity index (χ3n) is 5.82. The average molecular weight is 451 g/mol. The molecule has 3 atom stereocenters. The number of carbonyl (C=O) groups is 1. The molecule has 1 aromatic carbocycles. The molecule has 0 bridgehead atoms.